The number of likely N-dealkylation sites (N-methyl/N-ethyl adjacent to an activating group) is 1. The summed E-state index contributed by atoms with van der Waals surface area (Å²) in [4.78, 5) is 2.41. The van der Waals surface area contributed by atoms with Crippen LogP contribution in [0.5, 0.6) is 0 Å². The van der Waals surface area contributed by atoms with Gasteiger partial charge in [-0.15, -0.1) is 0 Å². The number of rotatable bonds is 7. The van der Waals surface area contributed by atoms with E-state index < -0.39 is 0 Å². The highest BCUT2D eigenvalue weighted by Crippen LogP contribution is 2.19. The Balaban J connectivity index is 2.00. The Hall–Kier alpha value is -0.120. The van der Waals surface area contributed by atoms with Crippen molar-refractivity contribution < 1.29 is 4.74 Å². The standard InChI is InChI=1S/C12H26N2O/c1-4-5-13-6-7-14(3)9-12-8-11(2)15-10-12/h11-13H,4-10H2,1-3H3. The Morgan fingerprint density at radius 3 is 2.80 bits per heavy atom. The van der Waals surface area contributed by atoms with Crippen LogP contribution in [0.1, 0.15) is 26.7 Å². The normalized spacial score (nSPS) is 26.4. The second-order valence-electron chi connectivity index (χ2n) is 4.76. The summed E-state index contributed by atoms with van der Waals surface area (Å²) in [7, 11) is 2.20. The summed E-state index contributed by atoms with van der Waals surface area (Å²) >= 11 is 0. The first kappa shape index (κ1) is 12.9. The quantitative estimate of drug-likeness (QED) is 0.647. The molecule has 1 fully saturated rings. The molecule has 1 saturated heterocycles. The number of nitrogens with zero attached hydrogens (tertiary/aromatic N) is 1. The van der Waals surface area contributed by atoms with Crippen molar-refractivity contribution >= 4 is 0 Å². The molecule has 15 heavy (non-hydrogen) atoms. The van der Waals surface area contributed by atoms with Crippen molar-refractivity contribution in [2.45, 2.75) is 32.8 Å². The van der Waals surface area contributed by atoms with Crippen LogP contribution in [0, 0.1) is 5.92 Å². The van der Waals surface area contributed by atoms with Gasteiger partial charge in [0.15, 0.2) is 0 Å². The fourth-order valence-electron chi connectivity index (χ4n) is 2.14. The molecule has 1 aliphatic heterocycles. The van der Waals surface area contributed by atoms with Gasteiger partial charge in [0, 0.05) is 19.6 Å². The van der Waals surface area contributed by atoms with Crippen LogP contribution in [0.4, 0.5) is 0 Å². The molecule has 0 amide bonds. The lowest BCUT2D eigenvalue weighted by molar-refractivity contribution is 0.117. The summed E-state index contributed by atoms with van der Waals surface area (Å²) in [6.07, 6.45) is 2.92. The summed E-state index contributed by atoms with van der Waals surface area (Å²) in [6.45, 7) is 9.89. The first-order valence-corrected chi connectivity index (χ1v) is 6.23. The van der Waals surface area contributed by atoms with E-state index in [4.69, 9.17) is 4.74 Å². The topological polar surface area (TPSA) is 24.5 Å². The van der Waals surface area contributed by atoms with Crippen molar-refractivity contribution in [1.29, 1.82) is 0 Å². The molecule has 3 heteroatoms. The summed E-state index contributed by atoms with van der Waals surface area (Å²) in [5, 5.41) is 3.43. The van der Waals surface area contributed by atoms with Gasteiger partial charge >= 0.3 is 0 Å². The van der Waals surface area contributed by atoms with Crippen molar-refractivity contribution in [1.82, 2.24) is 10.2 Å². The Labute approximate surface area is 94.2 Å². The van der Waals surface area contributed by atoms with Crippen LogP contribution in [0.2, 0.25) is 0 Å². The van der Waals surface area contributed by atoms with Gasteiger partial charge < -0.3 is 15.0 Å². The van der Waals surface area contributed by atoms with E-state index in [1.807, 2.05) is 0 Å². The maximum atomic E-state index is 5.57. The van der Waals surface area contributed by atoms with E-state index >= 15 is 0 Å². The molecule has 0 aromatic rings. The Morgan fingerprint density at radius 2 is 2.20 bits per heavy atom. The maximum Gasteiger partial charge on any atom is 0.0551 e. The molecule has 1 heterocycles. The van der Waals surface area contributed by atoms with Gasteiger partial charge in [-0.3, -0.25) is 0 Å². The van der Waals surface area contributed by atoms with Gasteiger partial charge in [0.05, 0.1) is 12.7 Å². The van der Waals surface area contributed by atoms with E-state index in [0.717, 1.165) is 32.2 Å². The first-order chi connectivity index (χ1) is 7.22. The van der Waals surface area contributed by atoms with Gasteiger partial charge in [-0.05, 0) is 39.3 Å². The first-order valence-electron chi connectivity index (χ1n) is 6.23. The molecule has 0 aliphatic carbocycles. The summed E-state index contributed by atoms with van der Waals surface area (Å²) in [6, 6.07) is 0. The summed E-state index contributed by atoms with van der Waals surface area (Å²) < 4.78 is 5.57. The van der Waals surface area contributed by atoms with Crippen molar-refractivity contribution in [2.24, 2.45) is 5.92 Å². The predicted molar refractivity (Wildman–Crippen MR) is 64.2 cm³/mol. The molecule has 1 rings (SSSR count). The van der Waals surface area contributed by atoms with Crippen molar-refractivity contribution in [2.75, 3.05) is 39.8 Å². The molecule has 1 N–H and O–H groups in total. The molecule has 0 saturated carbocycles. The Kier molecular flexibility index (Phi) is 6.22. The molecule has 0 radical (unpaired) electrons. The zero-order valence-corrected chi connectivity index (χ0v) is 10.5. The van der Waals surface area contributed by atoms with Gasteiger partial charge in [-0.2, -0.15) is 0 Å². The van der Waals surface area contributed by atoms with E-state index in [1.165, 1.54) is 19.4 Å². The number of hydrogen-bond donors (Lipinski definition) is 1. The number of nitrogens with one attached hydrogen (secondary N) is 1. The second-order valence-corrected chi connectivity index (χ2v) is 4.76. The molecule has 0 aromatic carbocycles. The van der Waals surface area contributed by atoms with E-state index in [-0.39, 0.29) is 0 Å². The third-order valence-electron chi connectivity index (χ3n) is 2.95. The zero-order chi connectivity index (χ0) is 11.1. The Bertz CT molecular complexity index is 164. The molecule has 3 nitrogen and oxygen atoms in total. The average molecular weight is 214 g/mol. The lowest BCUT2D eigenvalue weighted by atomic mass is 10.1. The third kappa shape index (κ3) is 5.50. The summed E-state index contributed by atoms with van der Waals surface area (Å²) in [5.74, 6) is 0.746. The molecule has 0 bridgehead atoms. The highest BCUT2D eigenvalue weighted by molar-refractivity contribution is 4.73. The molecular weight excluding hydrogens is 188 g/mol. The smallest absolute Gasteiger partial charge is 0.0551 e. The fourth-order valence-corrected chi connectivity index (χ4v) is 2.14. The lowest BCUT2D eigenvalue weighted by Crippen LogP contribution is -2.33. The van der Waals surface area contributed by atoms with Crippen LogP contribution >= 0.6 is 0 Å². The second kappa shape index (κ2) is 7.20. The molecular formula is C12H26N2O. The molecule has 1 aliphatic rings. The molecule has 2 unspecified atom stereocenters. The van der Waals surface area contributed by atoms with Gasteiger partial charge in [-0.25, -0.2) is 0 Å². The van der Waals surface area contributed by atoms with Crippen molar-refractivity contribution in [3.63, 3.8) is 0 Å². The fraction of sp³-hybridized carbons (Fsp3) is 1.00. The third-order valence-corrected chi connectivity index (χ3v) is 2.95. The Morgan fingerprint density at radius 1 is 1.40 bits per heavy atom. The maximum absolute atomic E-state index is 5.57. The van der Waals surface area contributed by atoms with Gasteiger partial charge in [0.1, 0.15) is 0 Å². The SMILES string of the molecule is CCCNCCN(C)CC1COC(C)C1. The highest BCUT2D eigenvalue weighted by atomic mass is 16.5. The number of ether oxygens (including phenoxy) is 1. The molecule has 0 spiro atoms. The predicted octanol–water partition coefficient (Wildman–Crippen LogP) is 1.34. The van der Waals surface area contributed by atoms with Gasteiger partial charge in [-0.1, -0.05) is 6.92 Å². The number of hydrogen-bond acceptors (Lipinski definition) is 3. The summed E-state index contributed by atoms with van der Waals surface area (Å²) in [5.41, 5.74) is 0. The van der Waals surface area contributed by atoms with Crippen molar-refractivity contribution in [3.8, 4) is 0 Å². The minimum atomic E-state index is 0.474. The van der Waals surface area contributed by atoms with Gasteiger partial charge in [0.2, 0.25) is 0 Å². The minimum absolute atomic E-state index is 0.474. The minimum Gasteiger partial charge on any atom is -0.378 e. The van der Waals surface area contributed by atoms with Crippen LogP contribution < -0.4 is 5.32 Å². The average Bonchev–Trinajstić information content (AvgIpc) is 2.59. The van der Waals surface area contributed by atoms with Crippen molar-refractivity contribution in [3.05, 3.63) is 0 Å². The van der Waals surface area contributed by atoms with Gasteiger partial charge in [0.25, 0.3) is 0 Å². The van der Waals surface area contributed by atoms with Crippen LogP contribution in [0.15, 0.2) is 0 Å². The van der Waals surface area contributed by atoms with Crippen LogP contribution in [0.25, 0.3) is 0 Å². The zero-order valence-electron chi connectivity index (χ0n) is 10.5. The molecule has 90 valence electrons. The highest BCUT2D eigenvalue weighted by Gasteiger charge is 2.22. The monoisotopic (exact) mass is 214 g/mol. The van der Waals surface area contributed by atoms with E-state index in [9.17, 15) is 0 Å². The van der Waals surface area contributed by atoms with E-state index in [2.05, 4.69) is 31.1 Å². The van der Waals surface area contributed by atoms with Crippen LogP contribution in [0.3, 0.4) is 0 Å². The van der Waals surface area contributed by atoms with Crippen LogP contribution in [-0.2, 0) is 4.74 Å². The largest absolute Gasteiger partial charge is 0.378 e. The molecule has 2 atom stereocenters. The molecule has 0 aromatic heterocycles. The lowest BCUT2D eigenvalue weighted by Gasteiger charge is -2.20. The van der Waals surface area contributed by atoms with E-state index in [0.29, 0.717) is 6.10 Å². The van der Waals surface area contributed by atoms with Crippen LogP contribution in [-0.4, -0.2) is 50.8 Å². The van der Waals surface area contributed by atoms with E-state index in [1.54, 1.807) is 0 Å².